The van der Waals surface area contributed by atoms with Crippen LogP contribution in [0.1, 0.15) is 13.8 Å². The van der Waals surface area contributed by atoms with E-state index >= 15 is 0 Å². The third kappa shape index (κ3) is 4.12. The Labute approximate surface area is 146 Å². The van der Waals surface area contributed by atoms with Gasteiger partial charge < -0.3 is 10.2 Å². The Morgan fingerprint density at radius 2 is 2.00 bits per heavy atom. The van der Waals surface area contributed by atoms with Crippen LogP contribution in [0.5, 0.6) is 0 Å². The number of nitrogens with zero attached hydrogens (tertiary/aromatic N) is 1. The molecule has 0 amide bonds. The molecule has 24 heavy (non-hydrogen) atoms. The van der Waals surface area contributed by atoms with E-state index in [-0.39, 0.29) is 20.5 Å². The largest absolute Gasteiger partial charge is 0.479 e. The molecule has 1 aromatic carbocycles. The van der Waals surface area contributed by atoms with Crippen molar-refractivity contribution in [2.24, 2.45) is 11.8 Å². The second-order valence-corrected chi connectivity index (χ2v) is 7.64. The highest BCUT2D eigenvalue weighted by Gasteiger charge is 2.45. The van der Waals surface area contributed by atoms with Crippen LogP contribution in [0, 0.1) is 11.8 Å². The van der Waals surface area contributed by atoms with Gasteiger partial charge in [-0.15, -0.1) is 11.8 Å². The Bertz CT molecular complexity index is 739. The molecule has 0 saturated carbocycles. The Morgan fingerprint density at radius 1 is 1.29 bits per heavy atom. The Hall–Kier alpha value is -1.49. The van der Waals surface area contributed by atoms with Gasteiger partial charge in [0.25, 0.3) is 0 Å². The molecule has 5 nitrogen and oxygen atoms in total. The summed E-state index contributed by atoms with van der Waals surface area (Å²) in [4.78, 5) is 16.1. The van der Waals surface area contributed by atoms with Crippen LogP contribution in [0.3, 0.4) is 0 Å². The molecule has 0 aliphatic rings. The van der Waals surface area contributed by atoms with Gasteiger partial charge in [0.05, 0.1) is 16.7 Å². The molecular weight excluding hydrogens is 345 g/mol. The number of aliphatic carboxylic acids is 1. The molecule has 2 rings (SSSR count). The zero-order valence-corrected chi connectivity index (χ0v) is 15.3. The zero-order valence-electron chi connectivity index (χ0n) is 13.5. The topological polar surface area (TPSA) is 87.5 Å². The number of carboxylic acid groups (broad SMARTS) is 1. The molecule has 0 aliphatic carbocycles. The highest BCUT2D eigenvalue weighted by Crippen LogP contribution is 2.34. The minimum absolute atomic E-state index is 0.0826. The van der Waals surface area contributed by atoms with Gasteiger partial charge in [0.15, 0.2) is 14.1 Å². The Kier molecular flexibility index (Phi) is 6.33. The summed E-state index contributed by atoms with van der Waals surface area (Å²) in [5.74, 6) is -1.59. The first-order valence-electron chi connectivity index (χ1n) is 7.62. The maximum absolute atomic E-state index is 11.5. The summed E-state index contributed by atoms with van der Waals surface area (Å²) >= 11 is 1.40. The maximum atomic E-state index is 11.5. The van der Waals surface area contributed by atoms with Gasteiger partial charge in [0.1, 0.15) is 0 Å². The van der Waals surface area contributed by atoms with Gasteiger partial charge in [-0.3, -0.25) is 4.57 Å². The van der Waals surface area contributed by atoms with Crippen molar-refractivity contribution < 1.29 is 19.6 Å². The van der Waals surface area contributed by atoms with E-state index in [4.69, 9.17) is 0 Å². The smallest absolute Gasteiger partial charge is 0.336 e. The number of thioether (sulfide) groups is 1. The van der Waals surface area contributed by atoms with Gasteiger partial charge in [-0.1, -0.05) is 38.1 Å². The second-order valence-electron chi connectivity index (χ2n) is 6.02. The lowest BCUT2D eigenvalue weighted by Gasteiger charge is -2.33. The average molecular weight is 365 g/mol. The van der Waals surface area contributed by atoms with Crippen LogP contribution < -0.4 is 0 Å². The quantitative estimate of drug-likeness (QED) is 0.548. The summed E-state index contributed by atoms with van der Waals surface area (Å²) in [7, 11) is -0.380. The molecule has 2 atom stereocenters. The summed E-state index contributed by atoms with van der Waals surface area (Å²) in [6.45, 7) is 3.71. The van der Waals surface area contributed by atoms with Gasteiger partial charge in [-0.2, -0.15) is 0 Å². The van der Waals surface area contributed by atoms with Gasteiger partial charge >= 0.3 is 5.97 Å². The van der Waals surface area contributed by atoms with Crippen molar-refractivity contribution in [1.82, 2.24) is 4.98 Å². The van der Waals surface area contributed by atoms with Gasteiger partial charge in [0.2, 0.25) is 0 Å². The van der Waals surface area contributed by atoms with Crippen molar-refractivity contribution in [2.45, 2.75) is 24.5 Å². The lowest BCUT2D eigenvalue weighted by atomic mass is 9.82. The summed E-state index contributed by atoms with van der Waals surface area (Å²) in [6.07, 6.45) is -0.323. The number of benzene rings is 1. The molecule has 128 valence electrons. The SMILES string of the molecule is CC(C)C(CSc1ccc2ccccc2n1)C(O)(CP=O)C(=O)O. The van der Waals surface area contributed by atoms with Crippen molar-refractivity contribution >= 4 is 37.1 Å². The molecule has 0 bridgehead atoms. The maximum Gasteiger partial charge on any atom is 0.336 e. The zero-order chi connectivity index (χ0) is 17.7. The first-order valence-corrected chi connectivity index (χ1v) is 9.60. The minimum Gasteiger partial charge on any atom is -0.479 e. The summed E-state index contributed by atoms with van der Waals surface area (Å²) in [5.41, 5.74) is -1.14. The summed E-state index contributed by atoms with van der Waals surface area (Å²) < 4.78 is 10.9. The lowest BCUT2D eigenvalue weighted by molar-refractivity contribution is -0.162. The van der Waals surface area contributed by atoms with Crippen molar-refractivity contribution in [2.75, 3.05) is 11.9 Å². The minimum atomic E-state index is -2.01. The summed E-state index contributed by atoms with van der Waals surface area (Å²) in [5, 5.41) is 21.7. The second kappa shape index (κ2) is 8.06. The molecule has 1 aromatic heterocycles. The van der Waals surface area contributed by atoms with Gasteiger partial charge in [0, 0.05) is 17.1 Å². The fourth-order valence-electron chi connectivity index (χ4n) is 2.63. The van der Waals surface area contributed by atoms with Crippen LogP contribution >= 0.6 is 20.2 Å². The van der Waals surface area contributed by atoms with Crippen molar-refractivity contribution in [3.63, 3.8) is 0 Å². The molecule has 0 aliphatic heterocycles. The van der Waals surface area contributed by atoms with E-state index in [9.17, 15) is 19.6 Å². The fourth-order valence-corrected chi connectivity index (χ4v) is 4.53. The van der Waals surface area contributed by atoms with E-state index in [1.165, 1.54) is 11.8 Å². The predicted octanol–water partition coefficient (Wildman–Crippen LogP) is 3.71. The number of pyridine rings is 1. The Balaban J connectivity index is 2.20. The van der Waals surface area contributed by atoms with Crippen molar-refractivity contribution in [3.8, 4) is 0 Å². The molecule has 2 N–H and O–H groups in total. The highest BCUT2D eigenvalue weighted by atomic mass is 32.2. The molecule has 0 spiro atoms. The Morgan fingerprint density at radius 3 is 2.62 bits per heavy atom. The number of carboxylic acids is 1. The number of fused-ring (bicyclic) bond motifs is 1. The number of carbonyl (C=O) groups is 1. The predicted molar refractivity (Wildman–Crippen MR) is 95.9 cm³/mol. The number of aliphatic hydroxyl groups is 1. The molecular formula is C17H20NO4PS. The first kappa shape index (κ1) is 18.8. The third-order valence-electron chi connectivity index (χ3n) is 4.08. The molecule has 0 fully saturated rings. The van der Waals surface area contributed by atoms with E-state index < -0.39 is 17.5 Å². The van der Waals surface area contributed by atoms with Crippen LogP contribution in [-0.2, 0) is 9.36 Å². The third-order valence-corrected chi connectivity index (χ3v) is 5.74. The van der Waals surface area contributed by atoms with Crippen LogP contribution in [0.2, 0.25) is 0 Å². The normalized spacial score (nSPS) is 15.5. The van der Waals surface area contributed by atoms with Crippen LogP contribution in [0.15, 0.2) is 41.4 Å². The number of aromatic nitrogens is 1. The van der Waals surface area contributed by atoms with E-state index in [2.05, 4.69) is 4.98 Å². The van der Waals surface area contributed by atoms with Crippen LogP contribution in [0.4, 0.5) is 0 Å². The first-order chi connectivity index (χ1) is 11.4. The summed E-state index contributed by atoms with van der Waals surface area (Å²) in [6, 6.07) is 11.6. The van der Waals surface area contributed by atoms with Crippen LogP contribution in [0.25, 0.3) is 10.9 Å². The van der Waals surface area contributed by atoms with E-state index in [1.807, 2.05) is 50.2 Å². The van der Waals surface area contributed by atoms with Crippen molar-refractivity contribution in [3.05, 3.63) is 36.4 Å². The molecule has 2 aromatic rings. The monoisotopic (exact) mass is 365 g/mol. The fraction of sp³-hybridized carbons (Fsp3) is 0.412. The molecule has 7 heteroatoms. The molecule has 0 radical (unpaired) electrons. The molecule has 0 saturated heterocycles. The number of para-hydroxylation sites is 1. The van der Waals surface area contributed by atoms with E-state index in [0.29, 0.717) is 5.75 Å². The van der Waals surface area contributed by atoms with Gasteiger partial charge in [-0.05, 0) is 18.1 Å². The van der Waals surface area contributed by atoms with Gasteiger partial charge in [-0.25, -0.2) is 9.78 Å². The van der Waals surface area contributed by atoms with E-state index in [1.54, 1.807) is 0 Å². The van der Waals surface area contributed by atoms with E-state index in [0.717, 1.165) is 15.9 Å². The average Bonchev–Trinajstić information content (AvgIpc) is 2.54. The van der Waals surface area contributed by atoms with Crippen molar-refractivity contribution in [1.29, 1.82) is 0 Å². The number of hydrogen-bond donors (Lipinski definition) is 2. The van der Waals surface area contributed by atoms with Crippen LogP contribution in [-0.4, -0.2) is 38.7 Å². The lowest BCUT2D eigenvalue weighted by Crippen LogP contribution is -2.50. The molecule has 2 unspecified atom stereocenters. The number of hydrogen-bond acceptors (Lipinski definition) is 5. The number of rotatable bonds is 8. The molecule has 1 heterocycles. The highest BCUT2D eigenvalue weighted by molar-refractivity contribution is 7.99. The standard InChI is InChI=1S/C17H20NO4PS/c1-11(2)13(17(21,10-23-22)16(19)20)9-24-15-8-7-12-5-3-4-6-14(12)18-15/h3-8,11,13,21H,9-10H2,1-2H3,(H,19,20).